The Balaban J connectivity index is 1.85. The molecule has 3 aromatic rings. The fourth-order valence-corrected chi connectivity index (χ4v) is 2.70. The highest BCUT2D eigenvalue weighted by atomic mass is 16.3. The van der Waals surface area contributed by atoms with Gasteiger partial charge in [0.2, 0.25) is 5.71 Å². The van der Waals surface area contributed by atoms with Crippen LogP contribution in [0.5, 0.6) is 0 Å². The van der Waals surface area contributed by atoms with Crippen molar-refractivity contribution in [2.75, 3.05) is 18.9 Å². The van der Waals surface area contributed by atoms with Gasteiger partial charge in [0.15, 0.2) is 0 Å². The third-order valence-electron chi connectivity index (χ3n) is 4.01. The number of aromatic nitrogens is 3. The number of nitrogens with two attached hydrogens (primary N) is 1. The number of aryl methyl sites for hydroxylation is 2. The summed E-state index contributed by atoms with van der Waals surface area (Å²) in [6, 6.07) is 3.89. The van der Waals surface area contributed by atoms with E-state index in [1.54, 1.807) is 6.20 Å². The number of hydrogen-bond acceptors (Lipinski definition) is 7. The first kappa shape index (κ1) is 16.4. The zero-order chi connectivity index (χ0) is 17.1. The molecule has 0 radical (unpaired) electrons. The maximum atomic E-state index is 9.32. The van der Waals surface area contributed by atoms with E-state index in [-0.39, 0.29) is 6.61 Å². The standard InChI is InChI=1S/C17H21N5O2/c1-11-12(2)24-17-15(11)16(18)20-14(21-17)10-22(6-7-23)9-13-4-3-5-19-8-13/h3-5,8,23H,6-7,9-10H2,1-2H3,(H2,18,20,21). The van der Waals surface area contributed by atoms with E-state index in [0.717, 1.165) is 22.3 Å². The lowest BCUT2D eigenvalue weighted by molar-refractivity contribution is 0.181. The number of anilines is 1. The number of aliphatic hydroxyl groups excluding tert-OH is 1. The van der Waals surface area contributed by atoms with Crippen LogP contribution >= 0.6 is 0 Å². The van der Waals surface area contributed by atoms with Crippen molar-refractivity contribution in [1.82, 2.24) is 19.9 Å². The fourth-order valence-electron chi connectivity index (χ4n) is 2.70. The molecule has 126 valence electrons. The lowest BCUT2D eigenvalue weighted by Gasteiger charge is -2.20. The van der Waals surface area contributed by atoms with Gasteiger partial charge < -0.3 is 15.3 Å². The second-order valence-corrected chi connectivity index (χ2v) is 5.78. The van der Waals surface area contributed by atoms with Gasteiger partial charge in [0, 0.05) is 31.0 Å². The Morgan fingerprint density at radius 1 is 1.25 bits per heavy atom. The highest BCUT2D eigenvalue weighted by Crippen LogP contribution is 2.27. The predicted molar refractivity (Wildman–Crippen MR) is 91.1 cm³/mol. The van der Waals surface area contributed by atoms with Crippen LogP contribution in [0.2, 0.25) is 0 Å². The van der Waals surface area contributed by atoms with E-state index >= 15 is 0 Å². The van der Waals surface area contributed by atoms with Crippen LogP contribution in [0.15, 0.2) is 28.9 Å². The summed E-state index contributed by atoms with van der Waals surface area (Å²) in [6.07, 6.45) is 3.54. The van der Waals surface area contributed by atoms with Crippen molar-refractivity contribution in [1.29, 1.82) is 0 Å². The Morgan fingerprint density at radius 3 is 2.79 bits per heavy atom. The molecule has 7 heteroatoms. The molecule has 0 atom stereocenters. The molecule has 3 heterocycles. The molecule has 0 saturated carbocycles. The number of hydrogen-bond donors (Lipinski definition) is 2. The number of furan rings is 1. The van der Waals surface area contributed by atoms with Crippen LogP contribution < -0.4 is 5.73 Å². The summed E-state index contributed by atoms with van der Waals surface area (Å²) < 4.78 is 5.67. The van der Waals surface area contributed by atoms with Crippen LogP contribution in [0.25, 0.3) is 11.1 Å². The number of pyridine rings is 1. The molecule has 3 N–H and O–H groups in total. The minimum atomic E-state index is 0.0525. The number of nitrogens with zero attached hydrogens (tertiary/aromatic N) is 4. The van der Waals surface area contributed by atoms with Crippen LogP contribution in [-0.4, -0.2) is 38.1 Å². The lowest BCUT2D eigenvalue weighted by atomic mass is 10.2. The molecule has 3 rings (SSSR count). The predicted octanol–water partition coefficient (Wildman–Crippen LogP) is 1.81. The van der Waals surface area contributed by atoms with Gasteiger partial charge in [-0.25, -0.2) is 4.98 Å². The van der Waals surface area contributed by atoms with Crippen molar-refractivity contribution in [2.45, 2.75) is 26.9 Å². The second-order valence-electron chi connectivity index (χ2n) is 5.78. The molecule has 0 aliphatic rings. The van der Waals surface area contributed by atoms with Crippen LogP contribution in [-0.2, 0) is 13.1 Å². The molecule has 7 nitrogen and oxygen atoms in total. The third-order valence-corrected chi connectivity index (χ3v) is 4.01. The van der Waals surface area contributed by atoms with E-state index < -0.39 is 0 Å². The summed E-state index contributed by atoms with van der Waals surface area (Å²) in [5.74, 6) is 1.80. The lowest BCUT2D eigenvalue weighted by Crippen LogP contribution is -2.27. The second kappa shape index (κ2) is 6.94. The van der Waals surface area contributed by atoms with Gasteiger partial charge >= 0.3 is 0 Å². The largest absolute Gasteiger partial charge is 0.443 e. The molecule has 0 aromatic carbocycles. The fraction of sp³-hybridized carbons (Fsp3) is 0.353. The summed E-state index contributed by atoms with van der Waals surface area (Å²) in [5.41, 5.74) is 8.63. The quantitative estimate of drug-likeness (QED) is 0.712. The van der Waals surface area contributed by atoms with Crippen LogP contribution in [0.4, 0.5) is 5.82 Å². The highest BCUT2D eigenvalue weighted by Gasteiger charge is 2.16. The molecular weight excluding hydrogens is 306 g/mol. The maximum absolute atomic E-state index is 9.32. The first-order valence-corrected chi connectivity index (χ1v) is 7.82. The molecule has 0 aliphatic carbocycles. The summed E-state index contributed by atoms with van der Waals surface area (Å²) in [5, 5.41) is 10.1. The van der Waals surface area contributed by atoms with Gasteiger partial charge in [-0.2, -0.15) is 4.98 Å². The maximum Gasteiger partial charge on any atom is 0.231 e. The zero-order valence-electron chi connectivity index (χ0n) is 13.9. The average Bonchev–Trinajstić information content (AvgIpc) is 2.83. The zero-order valence-corrected chi connectivity index (χ0v) is 13.9. The van der Waals surface area contributed by atoms with Crippen molar-refractivity contribution < 1.29 is 9.52 Å². The molecule has 0 unspecified atom stereocenters. The van der Waals surface area contributed by atoms with Gasteiger partial charge in [0.1, 0.15) is 17.4 Å². The van der Waals surface area contributed by atoms with E-state index in [1.807, 2.05) is 37.1 Å². The van der Waals surface area contributed by atoms with Gasteiger partial charge in [-0.3, -0.25) is 9.88 Å². The molecule has 0 bridgehead atoms. The Morgan fingerprint density at radius 2 is 2.08 bits per heavy atom. The third kappa shape index (κ3) is 3.37. The van der Waals surface area contributed by atoms with Gasteiger partial charge in [-0.05, 0) is 25.5 Å². The van der Waals surface area contributed by atoms with E-state index in [0.29, 0.717) is 37.0 Å². The summed E-state index contributed by atoms with van der Waals surface area (Å²) >= 11 is 0. The van der Waals surface area contributed by atoms with Gasteiger partial charge in [0.05, 0.1) is 18.5 Å². The molecule has 3 aromatic heterocycles. The van der Waals surface area contributed by atoms with Crippen molar-refractivity contribution in [3.8, 4) is 0 Å². The average molecular weight is 327 g/mol. The Labute approximate surface area is 140 Å². The normalized spacial score (nSPS) is 11.5. The number of nitrogen functional groups attached to an aromatic ring is 1. The van der Waals surface area contributed by atoms with Crippen LogP contribution in [0, 0.1) is 13.8 Å². The first-order valence-electron chi connectivity index (χ1n) is 7.82. The number of aliphatic hydroxyl groups is 1. The number of rotatable bonds is 6. The summed E-state index contributed by atoms with van der Waals surface area (Å²) in [6.45, 7) is 5.50. The monoisotopic (exact) mass is 327 g/mol. The SMILES string of the molecule is Cc1oc2nc(CN(CCO)Cc3cccnc3)nc(N)c2c1C. The van der Waals surface area contributed by atoms with Gasteiger partial charge in [0.25, 0.3) is 0 Å². The minimum Gasteiger partial charge on any atom is -0.443 e. The van der Waals surface area contributed by atoms with E-state index in [1.165, 1.54) is 0 Å². The summed E-state index contributed by atoms with van der Waals surface area (Å²) in [7, 11) is 0. The molecular formula is C17H21N5O2. The smallest absolute Gasteiger partial charge is 0.231 e. The molecule has 0 amide bonds. The molecule has 24 heavy (non-hydrogen) atoms. The van der Waals surface area contributed by atoms with Crippen molar-refractivity contribution in [3.05, 3.63) is 47.2 Å². The molecule has 0 spiro atoms. The molecule has 0 fully saturated rings. The van der Waals surface area contributed by atoms with E-state index in [4.69, 9.17) is 10.2 Å². The Hall–Kier alpha value is -2.51. The summed E-state index contributed by atoms with van der Waals surface area (Å²) in [4.78, 5) is 15.1. The van der Waals surface area contributed by atoms with Gasteiger partial charge in [-0.15, -0.1) is 0 Å². The van der Waals surface area contributed by atoms with Crippen molar-refractivity contribution in [3.63, 3.8) is 0 Å². The minimum absolute atomic E-state index is 0.0525. The Kier molecular flexibility index (Phi) is 4.73. The van der Waals surface area contributed by atoms with Gasteiger partial charge in [-0.1, -0.05) is 6.07 Å². The van der Waals surface area contributed by atoms with Crippen molar-refractivity contribution in [2.24, 2.45) is 0 Å². The number of fused-ring (bicyclic) bond motifs is 1. The Bertz CT molecular complexity index is 832. The van der Waals surface area contributed by atoms with Crippen molar-refractivity contribution >= 4 is 16.9 Å². The molecule has 0 saturated heterocycles. The van der Waals surface area contributed by atoms with Crippen LogP contribution in [0.3, 0.4) is 0 Å². The van der Waals surface area contributed by atoms with E-state index in [9.17, 15) is 5.11 Å². The van der Waals surface area contributed by atoms with Crippen LogP contribution in [0.1, 0.15) is 22.7 Å². The molecule has 0 aliphatic heterocycles. The first-order chi connectivity index (χ1) is 11.6. The highest BCUT2D eigenvalue weighted by molar-refractivity contribution is 5.88. The van der Waals surface area contributed by atoms with E-state index in [2.05, 4.69) is 15.0 Å². The topological polar surface area (TPSA) is 101 Å².